The standard InChI is InChI=1S/C27H44O2/c1-18(2)9-8-10-19(3)21-12-16-26-25(21,5)15-13-22-24(4)14-7-6-11-20(24)17-23(28)27(22,26)29-26/h18-22H,6-17H2,1-5H3. The Morgan fingerprint density at radius 2 is 1.79 bits per heavy atom. The van der Waals surface area contributed by atoms with Gasteiger partial charge in [-0.25, -0.2) is 0 Å². The van der Waals surface area contributed by atoms with Crippen molar-refractivity contribution in [1.82, 2.24) is 0 Å². The fraction of sp³-hybridized carbons (Fsp3) is 0.963. The lowest BCUT2D eigenvalue weighted by Gasteiger charge is -2.57. The van der Waals surface area contributed by atoms with E-state index in [0.717, 1.165) is 30.6 Å². The van der Waals surface area contributed by atoms with Gasteiger partial charge in [0.15, 0.2) is 11.4 Å². The number of rotatable bonds is 5. The maximum Gasteiger partial charge on any atom is 0.168 e. The van der Waals surface area contributed by atoms with Gasteiger partial charge < -0.3 is 4.74 Å². The fourth-order valence-corrected chi connectivity index (χ4v) is 9.51. The lowest BCUT2D eigenvalue weighted by Crippen LogP contribution is -2.61. The van der Waals surface area contributed by atoms with Crippen LogP contribution in [0.3, 0.4) is 0 Å². The van der Waals surface area contributed by atoms with E-state index in [1.807, 2.05) is 0 Å². The van der Waals surface area contributed by atoms with Gasteiger partial charge in [0.25, 0.3) is 0 Å². The molecular formula is C27H44O2. The first kappa shape index (κ1) is 20.5. The molecule has 29 heavy (non-hydrogen) atoms. The van der Waals surface area contributed by atoms with Gasteiger partial charge in [-0.05, 0) is 67.6 Å². The van der Waals surface area contributed by atoms with Crippen LogP contribution in [0.4, 0.5) is 0 Å². The van der Waals surface area contributed by atoms with E-state index in [-0.39, 0.29) is 11.0 Å². The topological polar surface area (TPSA) is 29.6 Å². The quantitative estimate of drug-likeness (QED) is 0.467. The number of fused-ring (bicyclic) bond motifs is 2. The monoisotopic (exact) mass is 400 g/mol. The van der Waals surface area contributed by atoms with Crippen molar-refractivity contribution in [3.63, 3.8) is 0 Å². The molecule has 4 aliphatic carbocycles. The highest BCUT2D eigenvalue weighted by atomic mass is 16.6. The molecule has 0 N–H and O–H groups in total. The van der Waals surface area contributed by atoms with Gasteiger partial charge in [0.05, 0.1) is 0 Å². The van der Waals surface area contributed by atoms with Gasteiger partial charge in [0, 0.05) is 17.8 Å². The van der Waals surface area contributed by atoms with Gasteiger partial charge in [-0.15, -0.1) is 0 Å². The highest BCUT2D eigenvalue weighted by Crippen LogP contribution is 2.80. The van der Waals surface area contributed by atoms with Crippen molar-refractivity contribution in [3.05, 3.63) is 0 Å². The van der Waals surface area contributed by atoms with Gasteiger partial charge in [-0.1, -0.05) is 66.7 Å². The molecule has 5 fully saturated rings. The molecule has 2 heteroatoms. The number of ether oxygens (including phenoxy) is 1. The fourth-order valence-electron chi connectivity index (χ4n) is 9.51. The van der Waals surface area contributed by atoms with Crippen molar-refractivity contribution in [2.45, 2.75) is 123 Å². The van der Waals surface area contributed by atoms with Crippen LogP contribution in [0.25, 0.3) is 0 Å². The van der Waals surface area contributed by atoms with Gasteiger partial charge in [0.2, 0.25) is 0 Å². The lowest BCUT2D eigenvalue weighted by atomic mass is 9.44. The molecule has 1 aliphatic heterocycles. The van der Waals surface area contributed by atoms with Crippen molar-refractivity contribution >= 4 is 5.78 Å². The first-order valence-electron chi connectivity index (χ1n) is 12.9. The van der Waals surface area contributed by atoms with Crippen LogP contribution in [-0.4, -0.2) is 17.0 Å². The second kappa shape index (κ2) is 6.57. The number of ketones is 1. The SMILES string of the molecule is CC(C)CCCC(C)C1CCC23OC24C(=O)CC2CCCCC2(C)C4CCC13C. The van der Waals surface area contributed by atoms with Crippen LogP contribution in [0, 0.1) is 40.4 Å². The third kappa shape index (κ3) is 2.48. The minimum absolute atomic E-state index is 0.109. The summed E-state index contributed by atoms with van der Waals surface area (Å²) >= 11 is 0. The molecule has 0 aromatic rings. The Morgan fingerprint density at radius 1 is 1.00 bits per heavy atom. The smallest absolute Gasteiger partial charge is 0.168 e. The molecule has 164 valence electrons. The zero-order valence-electron chi connectivity index (χ0n) is 19.7. The maximum atomic E-state index is 13.7. The third-order valence-corrected chi connectivity index (χ3v) is 11.1. The van der Waals surface area contributed by atoms with Gasteiger partial charge in [-0.3, -0.25) is 4.79 Å². The average molecular weight is 401 g/mol. The van der Waals surface area contributed by atoms with Crippen LogP contribution in [-0.2, 0) is 9.53 Å². The summed E-state index contributed by atoms with van der Waals surface area (Å²) in [6.45, 7) is 12.2. The van der Waals surface area contributed by atoms with Crippen LogP contribution in [0.5, 0.6) is 0 Å². The predicted octanol–water partition coefficient (Wildman–Crippen LogP) is 6.95. The van der Waals surface area contributed by atoms with Crippen LogP contribution in [0.2, 0.25) is 0 Å². The van der Waals surface area contributed by atoms with Gasteiger partial charge >= 0.3 is 0 Å². The largest absolute Gasteiger partial charge is 0.353 e. The van der Waals surface area contributed by atoms with Gasteiger partial charge in [-0.2, -0.15) is 0 Å². The maximum absolute atomic E-state index is 13.7. The Morgan fingerprint density at radius 3 is 2.55 bits per heavy atom. The number of carbonyl (C=O) groups is 1. The van der Waals surface area contributed by atoms with Crippen molar-refractivity contribution in [2.24, 2.45) is 40.4 Å². The second-order valence-electron chi connectivity index (χ2n) is 12.7. The Bertz CT molecular complexity index is 684. The van der Waals surface area contributed by atoms with Crippen molar-refractivity contribution < 1.29 is 9.53 Å². The molecule has 0 aromatic carbocycles. The summed E-state index contributed by atoms with van der Waals surface area (Å²) < 4.78 is 6.88. The molecule has 0 radical (unpaired) electrons. The highest BCUT2D eigenvalue weighted by molar-refractivity contribution is 5.94. The van der Waals surface area contributed by atoms with E-state index in [0.29, 0.717) is 23.0 Å². The Hall–Kier alpha value is -0.370. The van der Waals surface area contributed by atoms with E-state index in [9.17, 15) is 4.79 Å². The summed E-state index contributed by atoms with van der Waals surface area (Å²) in [6.07, 6.45) is 15.1. The lowest BCUT2D eigenvalue weighted by molar-refractivity contribution is -0.145. The average Bonchev–Trinajstić information content (AvgIpc) is 3.26. The molecule has 8 unspecified atom stereocenters. The summed E-state index contributed by atoms with van der Waals surface area (Å²) in [4.78, 5) is 13.7. The van der Waals surface area contributed by atoms with Crippen molar-refractivity contribution in [2.75, 3.05) is 0 Å². The van der Waals surface area contributed by atoms with Gasteiger partial charge in [0.1, 0.15) is 5.60 Å². The Kier molecular flexibility index (Phi) is 4.65. The van der Waals surface area contributed by atoms with Crippen LogP contribution < -0.4 is 0 Å². The van der Waals surface area contributed by atoms with E-state index in [1.165, 1.54) is 64.2 Å². The van der Waals surface area contributed by atoms with Crippen LogP contribution >= 0.6 is 0 Å². The third-order valence-electron chi connectivity index (χ3n) is 11.1. The number of hydrogen-bond donors (Lipinski definition) is 0. The van der Waals surface area contributed by atoms with Crippen LogP contribution in [0.1, 0.15) is 112 Å². The molecule has 5 aliphatic rings. The Labute approximate surface area is 178 Å². The normalized spacial score (nSPS) is 51.8. The first-order valence-corrected chi connectivity index (χ1v) is 12.9. The minimum Gasteiger partial charge on any atom is -0.353 e. The van der Waals surface area contributed by atoms with E-state index in [1.54, 1.807) is 0 Å². The highest BCUT2D eigenvalue weighted by Gasteiger charge is 2.89. The Balaban J connectivity index is 1.41. The summed E-state index contributed by atoms with van der Waals surface area (Å²) in [5.41, 5.74) is 0.0591. The van der Waals surface area contributed by atoms with E-state index in [4.69, 9.17) is 4.74 Å². The van der Waals surface area contributed by atoms with Crippen molar-refractivity contribution in [3.8, 4) is 0 Å². The number of hydrogen-bond acceptors (Lipinski definition) is 2. The van der Waals surface area contributed by atoms with E-state index >= 15 is 0 Å². The molecule has 1 heterocycles. The number of Topliss-reactive ketones (excluding diaryl/α,β-unsaturated/α-hetero) is 1. The molecule has 1 saturated heterocycles. The molecular weight excluding hydrogens is 356 g/mol. The minimum atomic E-state index is -0.394. The molecule has 0 amide bonds. The summed E-state index contributed by atoms with van der Waals surface area (Å²) in [5.74, 6) is 3.92. The van der Waals surface area contributed by atoms with Crippen molar-refractivity contribution in [1.29, 1.82) is 0 Å². The second-order valence-corrected chi connectivity index (χ2v) is 12.7. The molecule has 2 spiro atoms. The van der Waals surface area contributed by atoms with E-state index < -0.39 is 5.60 Å². The zero-order valence-corrected chi connectivity index (χ0v) is 19.7. The predicted molar refractivity (Wildman–Crippen MR) is 118 cm³/mol. The molecule has 5 rings (SSSR count). The number of epoxide rings is 1. The van der Waals surface area contributed by atoms with Crippen LogP contribution in [0.15, 0.2) is 0 Å². The molecule has 0 aromatic heterocycles. The molecule has 0 bridgehead atoms. The summed E-state index contributed by atoms with van der Waals surface area (Å²) in [5, 5.41) is 0. The summed E-state index contributed by atoms with van der Waals surface area (Å²) in [7, 11) is 0. The number of carbonyl (C=O) groups excluding carboxylic acids is 1. The summed E-state index contributed by atoms with van der Waals surface area (Å²) in [6, 6.07) is 0. The van der Waals surface area contributed by atoms with E-state index in [2.05, 4.69) is 34.6 Å². The molecule has 2 nitrogen and oxygen atoms in total. The molecule has 4 saturated carbocycles. The molecule has 8 atom stereocenters. The first-order chi connectivity index (χ1) is 13.7. The zero-order chi connectivity index (χ0) is 20.7.